The third-order valence-corrected chi connectivity index (χ3v) is 7.47. The van der Waals surface area contributed by atoms with Crippen LogP contribution in [0.25, 0.3) is 0 Å². The summed E-state index contributed by atoms with van der Waals surface area (Å²) < 4.78 is 32.9. The molecular weight excluding hydrogens is 466 g/mol. The molecule has 2 saturated heterocycles. The summed E-state index contributed by atoms with van der Waals surface area (Å²) in [4.78, 5) is 26.3. The molecule has 2 aromatic rings. The lowest BCUT2D eigenvalue weighted by Crippen LogP contribution is -2.49. The van der Waals surface area contributed by atoms with Crippen LogP contribution in [0, 0.1) is 28.9 Å². The largest absolute Gasteiger partial charge is 0.381 e. The van der Waals surface area contributed by atoms with Gasteiger partial charge in [-0.25, -0.2) is 23.5 Å². The number of likely N-dealkylation sites (tertiary alicyclic amines) is 1. The van der Waals surface area contributed by atoms with E-state index in [2.05, 4.69) is 16.4 Å². The Balaban J connectivity index is 1.26. The van der Waals surface area contributed by atoms with Crippen LogP contribution in [0.4, 0.5) is 13.6 Å². The maximum Gasteiger partial charge on any atom is 0.318 e. The third kappa shape index (κ3) is 5.47. The average molecular weight is 497 g/mol. The number of amides is 2. The van der Waals surface area contributed by atoms with Crippen molar-refractivity contribution in [3.05, 3.63) is 58.7 Å². The molecule has 10 heteroatoms. The average Bonchev–Trinajstić information content (AvgIpc) is 3.28. The molecule has 8 nitrogen and oxygen atoms in total. The van der Waals surface area contributed by atoms with Gasteiger partial charge in [-0.1, -0.05) is 6.07 Å². The number of ether oxygens (including phenoxy) is 1. The Morgan fingerprint density at radius 2 is 2.06 bits per heavy atom. The van der Waals surface area contributed by atoms with Crippen molar-refractivity contribution in [3.63, 3.8) is 0 Å². The second kappa shape index (κ2) is 10.8. The zero-order valence-corrected chi connectivity index (χ0v) is 20.1. The zero-order valence-electron chi connectivity index (χ0n) is 20.1. The van der Waals surface area contributed by atoms with Crippen LogP contribution >= 0.6 is 0 Å². The van der Waals surface area contributed by atoms with Gasteiger partial charge in [0.15, 0.2) is 11.6 Å². The minimum absolute atomic E-state index is 0.205. The van der Waals surface area contributed by atoms with E-state index in [0.717, 1.165) is 55.6 Å². The molecule has 36 heavy (non-hydrogen) atoms. The van der Waals surface area contributed by atoms with E-state index >= 15 is 0 Å². The summed E-state index contributed by atoms with van der Waals surface area (Å²) in [6.45, 7) is 3.65. The van der Waals surface area contributed by atoms with Gasteiger partial charge in [0.05, 0.1) is 30.9 Å². The number of benzene rings is 1. The molecule has 0 saturated carbocycles. The summed E-state index contributed by atoms with van der Waals surface area (Å²) in [5.41, 5.74) is 2.55. The van der Waals surface area contributed by atoms with E-state index in [9.17, 15) is 13.6 Å². The van der Waals surface area contributed by atoms with Crippen LogP contribution in [0.3, 0.4) is 0 Å². The fraction of sp³-hybridized carbons (Fsp3) is 0.538. The van der Waals surface area contributed by atoms with Crippen molar-refractivity contribution in [1.82, 2.24) is 25.1 Å². The molecule has 2 fully saturated rings. The maximum atomic E-state index is 13.9. The molecule has 0 bridgehead atoms. The van der Waals surface area contributed by atoms with Crippen molar-refractivity contribution in [3.8, 4) is 6.07 Å². The predicted molar refractivity (Wildman–Crippen MR) is 127 cm³/mol. The fourth-order valence-electron chi connectivity index (χ4n) is 5.42. The van der Waals surface area contributed by atoms with Crippen molar-refractivity contribution in [1.29, 1.82) is 5.26 Å². The highest BCUT2D eigenvalue weighted by molar-refractivity contribution is 5.75. The number of nitrogens with zero attached hydrogens (tertiary/aromatic N) is 5. The maximum absolute atomic E-state index is 13.9. The van der Waals surface area contributed by atoms with E-state index in [0.29, 0.717) is 44.1 Å². The molecule has 4 heterocycles. The number of urea groups is 1. The minimum Gasteiger partial charge on any atom is -0.381 e. The lowest BCUT2D eigenvalue weighted by molar-refractivity contribution is 0.0659. The molecule has 3 aliphatic rings. The molecule has 1 N–H and O–H groups in total. The fourth-order valence-corrected chi connectivity index (χ4v) is 5.42. The molecule has 1 aromatic carbocycles. The Labute approximate surface area is 209 Å². The van der Waals surface area contributed by atoms with Crippen molar-refractivity contribution in [2.75, 3.05) is 39.4 Å². The third-order valence-electron chi connectivity index (χ3n) is 7.47. The van der Waals surface area contributed by atoms with Gasteiger partial charge in [-0.3, -0.25) is 4.90 Å². The molecule has 2 atom stereocenters. The van der Waals surface area contributed by atoms with Gasteiger partial charge in [0.25, 0.3) is 0 Å². The van der Waals surface area contributed by atoms with Crippen molar-refractivity contribution in [2.45, 2.75) is 44.2 Å². The summed E-state index contributed by atoms with van der Waals surface area (Å²) in [6, 6.07) is 5.42. The highest BCUT2D eigenvalue weighted by Gasteiger charge is 2.36. The minimum atomic E-state index is -0.916. The molecule has 0 unspecified atom stereocenters. The Kier molecular flexibility index (Phi) is 7.39. The monoisotopic (exact) mass is 496 g/mol. The second-order valence-corrected chi connectivity index (χ2v) is 9.88. The highest BCUT2D eigenvalue weighted by Crippen LogP contribution is 2.29. The SMILES string of the molecule is N#CCN1C[C@@H](NC(=O)N2CCc3cnc(CC4CCOCC4)nc3C2)[C@H](c2ccc(F)c(F)c2)C1. The lowest BCUT2D eigenvalue weighted by Gasteiger charge is -2.31. The van der Waals surface area contributed by atoms with E-state index in [1.54, 1.807) is 11.0 Å². The molecule has 5 rings (SSSR count). The number of nitriles is 1. The van der Waals surface area contributed by atoms with Crippen molar-refractivity contribution in [2.24, 2.45) is 5.92 Å². The van der Waals surface area contributed by atoms with E-state index < -0.39 is 11.6 Å². The van der Waals surface area contributed by atoms with Crippen LogP contribution in [0.2, 0.25) is 0 Å². The van der Waals surface area contributed by atoms with Crippen LogP contribution in [0.15, 0.2) is 24.4 Å². The van der Waals surface area contributed by atoms with Gasteiger partial charge < -0.3 is 15.0 Å². The quantitative estimate of drug-likeness (QED) is 0.640. The second-order valence-electron chi connectivity index (χ2n) is 9.88. The first-order chi connectivity index (χ1) is 17.5. The standard InChI is InChI=1S/C26H30F2N6O2/c27-21-2-1-18(12-22(21)28)20-14-33(8-6-29)15-24(20)32-26(35)34-7-3-19-13-30-25(31-23(19)16-34)11-17-4-9-36-10-5-17/h1-2,12-13,17,20,24H,3-5,7-11,14-16H2,(H,32,35)/t20-,24+/m0/s1. The molecule has 190 valence electrons. The number of hydrogen-bond donors (Lipinski definition) is 1. The highest BCUT2D eigenvalue weighted by atomic mass is 19.2. The van der Waals surface area contributed by atoms with Gasteiger partial charge in [-0.15, -0.1) is 0 Å². The van der Waals surface area contributed by atoms with Crippen molar-refractivity contribution >= 4 is 6.03 Å². The molecule has 0 aliphatic carbocycles. The van der Waals surface area contributed by atoms with Gasteiger partial charge in [0, 0.05) is 51.4 Å². The van der Waals surface area contributed by atoms with E-state index in [-0.39, 0.29) is 24.5 Å². The van der Waals surface area contributed by atoms with Gasteiger partial charge >= 0.3 is 6.03 Å². The normalized spacial score (nSPS) is 22.8. The van der Waals surface area contributed by atoms with Crippen LogP contribution in [0.1, 0.15) is 41.4 Å². The molecular formula is C26H30F2N6O2. The number of carbonyl (C=O) groups is 1. The Morgan fingerprint density at radius 1 is 1.22 bits per heavy atom. The first-order valence-corrected chi connectivity index (χ1v) is 12.5. The summed E-state index contributed by atoms with van der Waals surface area (Å²) in [5, 5.41) is 12.2. The summed E-state index contributed by atoms with van der Waals surface area (Å²) in [6.07, 6.45) is 5.41. The number of carbonyl (C=O) groups excluding carboxylic acids is 1. The number of aromatic nitrogens is 2. The lowest BCUT2D eigenvalue weighted by atomic mass is 9.94. The summed E-state index contributed by atoms with van der Waals surface area (Å²) in [7, 11) is 0. The molecule has 0 spiro atoms. The van der Waals surface area contributed by atoms with Gasteiger partial charge in [0.1, 0.15) is 5.82 Å². The number of hydrogen-bond acceptors (Lipinski definition) is 6. The van der Waals surface area contributed by atoms with Crippen LogP contribution in [0.5, 0.6) is 0 Å². The first-order valence-electron chi connectivity index (χ1n) is 12.5. The van der Waals surface area contributed by atoms with Gasteiger partial charge in [-0.05, 0) is 48.4 Å². The topological polar surface area (TPSA) is 94.4 Å². The van der Waals surface area contributed by atoms with Crippen LogP contribution in [-0.2, 0) is 24.1 Å². The van der Waals surface area contributed by atoms with E-state index in [4.69, 9.17) is 15.0 Å². The first kappa shape index (κ1) is 24.5. The summed E-state index contributed by atoms with van der Waals surface area (Å²) in [5.74, 6) is -0.740. The number of halogens is 2. The van der Waals surface area contributed by atoms with Gasteiger partial charge in [0.2, 0.25) is 0 Å². The Hall–Kier alpha value is -3.16. The Bertz CT molecular complexity index is 1150. The number of nitrogens with one attached hydrogen (secondary N) is 1. The van der Waals surface area contributed by atoms with E-state index in [1.807, 2.05) is 11.1 Å². The smallest absolute Gasteiger partial charge is 0.318 e. The molecule has 2 amide bonds. The zero-order chi connectivity index (χ0) is 25.1. The number of rotatable bonds is 5. The summed E-state index contributed by atoms with van der Waals surface area (Å²) >= 11 is 0. The van der Waals surface area contributed by atoms with E-state index in [1.165, 1.54) is 6.07 Å². The predicted octanol–water partition coefficient (Wildman–Crippen LogP) is 2.78. The number of fused-ring (bicyclic) bond motifs is 1. The van der Waals surface area contributed by atoms with Crippen LogP contribution < -0.4 is 5.32 Å². The molecule has 1 aromatic heterocycles. The van der Waals surface area contributed by atoms with Gasteiger partial charge in [-0.2, -0.15) is 5.26 Å². The van der Waals surface area contributed by atoms with Crippen molar-refractivity contribution < 1.29 is 18.3 Å². The van der Waals surface area contributed by atoms with Crippen LogP contribution in [-0.4, -0.2) is 71.2 Å². The molecule has 3 aliphatic heterocycles. The molecule has 0 radical (unpaired) electrons. The Morgan fingerprint density at radius 3 is 2.83 bits per heavy atom.